The number of hydrogen-bond acceptors (Lipinski definition) is 2. The Morgan fingerprint density at radius 3 is 2.64 bits per heavy atom. The minimum atomic E-state index is -4.43. The smallest absolute Gasteiger partial charge is 0.416 e. The molecule has 0 saturated carbocycles. The molecule has 1 unspecified atom stereocenters. The van der Waals surface area contributed by atoms with E-state index >= 15 is 0 Å². The lowest BCUT2D eigenvalue weighted by Crippen LogP contribution is -2.07. The first kappa shape index (κ1) is 17.1. The topological polar surface area (TPSA) is 42.1 Å². The molecular formula is C19H16F3NO2. The summed E-state index contributed by atoms with van der Waals surface area (Å²) in [5.41, 5.74) is 1.20. The fraction of sp³-hybridized carbons (Fsp3) is 0.211. The molecule has 0 saturated heterocycles. The number of nitrogens with one attached hydrogen (secondary N) is 1. The first-order chi connectivity index (χ1) is 11.9. The van der Waals surface area contributed by atoms with Gasteiger partial charge in [0.15, 0.2) is 0 Å². The maximum atomic E-state index is 13.0. The average Bonchev–Trinajstić information content (AvgIpc) is 3.02. The largest absolute Gasteiger partial charge is 0.496 e. The lowest BCUT2D eigenvalue weighted by Gasteiger charge is -2.13. The van der Waals surface area contributed by atoms with Gasteiger partial charge in [-0.05, 0) is 41.8 Å². The quantitative estimate of drug-likeness (QED) is 0.679. The number of para-hydroxylation sites is 1. The molecular weight excluding hydrogens is 331 g/mol. The SMILES string of the molecule is COc1ccccc1CC(C=O)c1c[nH]c2ccc(C(F)(F)F)cc12. The number of halogens is 3. The van der Waals surface area contributed by atoms with Gasteiger partial charge < -0.3 is 14.5 Å². The lowest BCUT2D eigenvalue weighted by atomic mass is 9.92. The molecule has 1 N–H and O–H groups in total. The van der Waals surface area contributed by atoms with Gasteiger partial charge in [0, 0.05) is 23.0 Å². The number of rotatable bonds is 5. The van der Waals surface area contributed by atoms with Crippen LogP contribution >= 0.6 is 0 Å². The van der Waals surface area contributed by atoms with Gasteiger partial charge in [0.25, 0.3) is 0 Å². The van der Waals surface area contributed by atoms with E-state index in [0.717, 1.165) is 24.0 Å². The third kappa shape index (κ3) is 3.38. The predicted octanol–water partition coefficient (Wildman–Crippen LogP) is 4.72. The molecule has 1 atom stereocenters. The number of fused-ring (bicyclic) bond motifs is 1. The molecule has 0 spiro atoms. The molecule has 130 valence electrons. The number of carbonyl (C=O) groups is 1. The molecule has 0 amide bonds. The maximum absolute atomic E-state index is 13.0. The second-order valence-electron chi connectivity index (χ2n) is 5.76. The van der Waals surface area contributed by atoms with Crippen molar-refractivity contribution in [2.45, 2.75) is 18.5 Å². The third-order valence-corrected chi connectivity index (χ3v) is 4.24. The van der Waals surface area contributed by atoms with Crippen LogP contribution in [0.5, 0.6) is 5.75 Å². The molecule has 1 aromatic heterocycles. The maximum Gasteiger partial charge on any atom is 0.416 e. The van der Waals surface area contributed by atoms with Gasteiger partial charge in [-0.25, -0.2) is 0 Å². The van der Waals surface area contributed by atoms with E-state index in [2.05, 4.69) is 4.98 Å². The van der Waals surface area contributed by atoms with Crippen LogP contribution in [0.15, 0.2) is 48.7 Å². The van der Waals surface area contributed by atoms with Crippen molar-refractivity contribution in [3.63, 3.8) is 0 Å². The second-order valence-corrected chi connectivity index (χ2v) is 5.76. The summed E-state index contributed by atoms with van der Waals surface area (Å²) in [6, 6.07) is 10.8. The van der Waals surface area contributed by atoms with E-state index in [0.29, 0.717) is 28.6 Å². The van der Waals surface area contributed by atoms with Crippen molar-refractivity contribution in [2.24, 2.45) is 0 Å². The van der Waals surface area contributed by atoms with Crippen LogP contribution in [0.4, 0.5) is 13.2 Å². The fourth-order valence-electron chi connectivity index (χ4n) is 2.97. The van der Waals surface area contributed by atoms with E-state index in [4.69, 9.17) is 4.74 Å². The summed E-state index contributed by atoms with van der Waals surface area (Å²) in [6.07, 6.45) is -1.73. The van der Waals surface area contributed by atoms with Crippen molar-refractivity contribution in [1.29, 1.82) is 0 Å². The first-order valence-corrected chi connectivity index (χ1v) is 7.69. The molecule has 0 aliphatic rings. The Bertz CT molecular complexity index is 899. The standard InChI is InChI=1S/C19H16F3NO2/c1-25-18-5-3-2-4-12(18)8-13(11-24)16-10-23-17-7-6-14(9-15(16)17)19(20,21)22/h2-7,9-11,13,23H,8H2,1H3. The van der Waals surface area contributed by atoms with Crippen LogP contribution in [-0.4, -0.2) is 18.4 Å². The Kier molecular flexibility index (Phi) is 4.53. The molecule has 3 nitrogen and oxygen atoms in total. The molecule has 6 heteroatoms. The van der Waals surface area contributed by atoms with Crippen LogP contribution in [0, 0.1) is 0 Å². The van der Waals surface area contributed by atoms with E-state index in [1.165, 1.54) is 13.2 Å². The number of methoxy groups -OCH3 is 1. The van der Waals surface area contributed by atoms with Crippen LogP contribution in [0.3, 0.4) is 0 Å². The van der Waals surface area contributed by atoms with Gasteiger partial charge >= 0.3 is 6.18 Å². The highest BCUT2D eigenvalue weighted by Gasteiger charge is 2.31. The minimum absolute atomic E-state index is 0.344. The van der Waals surface area contributed by atoms with Crippen LogP contribution in [-0.2, 0) is 17.4 Å². The van der Waals surface area contributed by atoms with Crippen molar-refractivity contribution in [3.05, 3.63) is 65.4 Å². The Labute approximate surface area is 142 Å². The number of H-pyrrole nitrogens is 1. The molecule has 3 aromatic rings. The van der Waals surface area contributed by atoms with Gasteiger partial charge in [-0.2, -0.15) is 13.2 Å². The fourth-order valence-corrected chi connectivity index (χ4v) is 2.97. The molecule has 0 aliphatic carbocycles. The van der Waals surface area contributed by atoms with Gasteiger partial charge in [0.05, 0.1) is 12.7 Å². The summed E-state index contributed by atoms with van der Waals surface area (Å²) >= 11 is 0. The molecule has 0 bridgehead atoms. The van der Waals surface area contributed by atoms with E-state index in [1.807, 2.05) is 18.2 Å². The van der Waals surface area contributed by atoms with Gasteiger partial charge in [0.2, 0.25) is 0 Å². The molecule has 2 aromatic carbocycles. The lowest BCUT2D eigenvalue weighted by molar-refractivity contribution is -0.137. The summed E-state index contributed by atoms with van der Waals surface area (Å²) < 4.78 is 44.2. The van der Waals surface area contributed by atoms with Crippen LogP contribution < -0.4 is 4.74 Å². The van der Waals surface area contributed by atoms with E-state index in [1.54, 1.807) is 12.3 Å². The second kappa shape index (κ2) is 6.63. The number of benzene rings is 2. The van der Waals surface area contributed by atoms with Crippen molar-refractivity contribution in [2.75, 3.05) is 7.11 Å². The van der Waals surface area contributed by atoms with Crippen LogP contribution in [0.2, 0.25) is 0 Å². The Hall–Kier alpha value is -2.76. The molecule has 0 fully saturated rings. The van der Waals surface area contributed by atoms with Gasteiger partial charge in [-0.15, -0.1) is 0 Å². The Morgan fingerprint density at radius 2 is 1.96 bits per heavy atom. The normalized spacial score (nSPS) is 13.0. The number of alkyl halides is 3. The first-order valence-electron chi connectivity index (χ1n) is 7.69. The number of hydrogen-bond donors (Lipinski definition) is 1. The van der Waals surface area contributed by atoms with Crippen molar-refractivity contribution in [3.8, 4) is 5.75 Å². The average molecular weight is 347 g/mol. The molecule has 0 aliphatic heterocycles. The zero-order chi connectivity index (χ0) is 18.0. The number of aromatic amines is 1. The monoisotopic (exact) mass is 347 g/mol. The van der Waals surface area contributed by atoms with Gasteiger partial charge in [-0.1, -0.05) is 18.2 Å². The molecule has 0 radical (unpaired) electrons. The summed E-state index contributed by atoms with van der Waals surface area (Å²) in [6.45, 7) is 0. The zero-order valence-corrected chi connectivity index (χ0v) is 13.4. The number of aldehydes is 1. The Balaban J connectivity index is 2.02. The van der Waals surface area contributed by atoms with Gasteiger partial charge in [-0.3, -0.25) is 0 Å². The van der Waals surface area contributed by atoms with Crippen molar-refractivity contribution in [1.82, 2.24) is 4.98 Å². The minimum Gasteiger partial charge on any atom is -0.496 e. The van der Waals surface area contributed by atoms with Crippen molar-refractivity contribution < 1.29 is 22.7 Å². The molecule has 1 heterocycles. The number of ether oxygens (including phenoxy) is 1. The highest BCUT2D eigenvalue weighted by atomic mass is 19.4. The highest BCUT2D eigenvalue weighted by Crippen LogP contribution is 2.35. The van der Waals surface area contributed by atoms with Crippen molar-refractivity contribution >= 4 is 17.2 Å². The zero-order valence-electron chi connectivity index (χ0n) is 13.4. The van der Waals surface area contributed by atoms with Crippen LogP contribution in [0.25, 0.3) is 10.9 Å². The summed E-state index contributed by atoms with van der Waals surface area (Å²) in [4.78, 5) is 14.6. The summed E-state index contributed by atoms with van der Waals surface area (Å²) in [5.74, 6) is 0.0682. The summed E-state index contributed by atoms with van der Waals surface area (Å²) in [7, 11) is 1.54. The summed E-state index contributed by atoms with van der Waals surface area (Å²) in [5, 5.41) is 0.404. The van der Waals surface area contributed by atoms with E-state index < -0.39 is 17.7 Å². The highest BCUT2D eigenvalue weighted by molar-refractivity contribution is 5.87. The number of carbonyl (C=O) groups excluding carboxylic acids is 1. The van der Waals surface area contributed by atoms with E-state index in [9.17, 15) is 18.0 Å². The Morgan fingerprint density at radius 1 is 1.20 bits per heavy atom. The van der Waals surface area contributed by atoms with Crippen LogP contribution in [0.1, 0.15) is 22.6 Å². The van der Waals surface area contributed by atoms with E-state index in [-0.39, 0.29) is 0 Å². The predicted molar refractivity (Wildman–Crippen MR) is 88.8 cm³/mol. The molecule has 3 rings (SSSR count). The molecule has 25 heavy (non-hydrogen) atoms. The van der Waals surface area contributed by atoms with Gasteiger partial charge in [0.1, 0.15) is 12.0 Å². The number of aromatic nitrogens is 1. The third-order valence-electron chi connectivity index (χ3n) is 4.24.